The van der Waals surface area contributed by atoms with Gasteiger partial charge in [0, 0.05) is 41.4 Å². The van der Waals surface area contributed by atoms with Gasteiger partial charge in [-0.25, -0.2) is 15.0 Å². The largest absolute Gasteiger partial charge is 0.490 e. The number of pyridine rings is 2. The normalized spacial score (nSPS) is 12.2. The molecule has 0 radical (unpaired) electrons. The van der Waals surface area contributed by atoms with Gasteiger partial charge in [0.25, 0.3) is 0 Å². The molecule has 1 aromatic carbocycles. The summed E-state index contributed by atoms with van der Waals surface area (Å²) in [6.45, 7) is 3.19. The second-order valence-corrected chi connectivity index (χ2v) is 7.86. The Kier molecular flexibility index (Phi) is 5.82. The molecule has 0 saturated carbocycles. The van der Waals surface area contributed by atoms with Gasteiger partial charge >= 0.3 is 0 Å². The zero-order valence-corrected chi connectivity index (χ0v) is 18.3. The van der Waals surface area contributed by atoms with Crippen LogP contribution in [0.2, 0.25) is 0 Å². The van der Waals surface area contributed by atoms with Crippen LogP contribution in [0.3, 0.4) is 0 Å². The van der Waals surface area contributed by atoms with E-state index >= 15 is 0 Å². The van der Waals surface area contributed by atoms with Crippen LogP contribution in [0.5, 0.6) is 5.75 Å². The molecule has 0 aliphatic heterocycles. The van der Waals surface area contributed by atoms with E-state index in [1.807, 2.05) is 43.5 Å². The second kappa shape index (κ2) is 9.22. The van der Waals surface area contributed by atoms with Crippen LogP contribution in [-0.4, -0.2) is 44.1 Å². The van der Waals surface area contributed by atoms with Crippen molar-refractivity contribution in [2.45, 2.75) is 19.4 Å². The molecule has 0 unspecified atom stereocenters. The van der Waals surface area contributed by atoms with Crippen LogP contribution in [0.15, 0.2) is 67.4 Å². The summed E-state index contributed by atoms with van der Waals surface area (Å²) < 4.78 is 5.97. The molecule has 0 bridgehead atoms. The Morgan fingerprint density at radius 1 is 1.09 bits per heavy atom. The summed E-state index contributed by atoms with van der Waals surface area (Å²) in [5.74, 6) is 1.43. The van der Waals surface area contributed by atoms with Gasteiger partial charge in [-0.3, -0.25) is 4.98 Å². The van der Waals surface area contributed by atoms with Gasteiger partial charge in [0.15, 0.2) is 5.65 Å². The van der Waals surface area contributed by atoms with Gasteiger partial charge in [0.05, 0.1) is 17.3 Å². The molecule has 5 aromatic rings. The molecule has 0 spiro atoms. The Bertz CT molecular complexity index is 1400. The number of para-hydroxylation sites is 1. The van der Waals surface area contributed by atoms with Crippen molar-refractivity contribution in [1.29, 1.82) is 0 Å². The second-order valence-electron chi connectivity index (χ2n) is 7.86. The van der Waals surface area contributed by atoms with E-state index in [-0.39, 0.29) is 6.04 Å². The first-order valence-electron chi connectivity index (χ1n) is 11.0. The fourth-order valence-electron chi connectivity index (χ4n) is 3.89. The molecule has 4 aromatic heterocycles. The summed E-state index contributed by atoms with van der Waals surface area (Å²) >= 11 is 0. The van der Waals surface area contributed by atoms with Gasteiger partial charge in [0.2, 0.25) is 0 Å². The molecule has 0 amide bonds. The van der Waals surface area contributed by atoms with Crippen molar-refractivity contribution in [2.24, 2.45) is 5.73 Å². The number of hydrogen-bond acceptors (Lipinski definition) is 7. The molecule has 8 heteroatoms. The van der Waals surface area contributed by atoms with Crippen molar-refractivity contribution in [2.75, 3.05) is 18.5 Å². The van der Waals surface area contributed by atoms with Crippen LogP contribution >= 0.6 is 0 Å². The van der Waals surface area contributed by atoms with E-state index in [0.29, 0.717) is 18.0 Å². The highest BCUT2D eigenvalue weighted by molar-refractivity contribution is 5.88. The van der Waals surface area contributed by atoms with Crippen LogP contribution in [0.1, 0.15) is 12.5 Å². The lowest BCUT2D eigenvalue weighted by Crippen LogP contribution is -2.30. The summed E-state index contributed by atoms with van der Waals surface area (Å²) in [4.78, 5) is 20.9. The topological polar surface area (TPSA) is 115 Å². The van der Waals surface area contributed by atoms with Crippen LogP contribution in [0, 0.1) is 0 Å². The first kappa shape index (κ1) is 20.8. The number of hydrogen-bond donors (Lipinski definition) is 3. The van der Waals surface area contributed by atoms with Crippen molar-refractivity contribution >= 4 is 27.8 Å². The SMILES string of the molecule is CCNc1ncnc2nc(-c3cncc(OC[C@@H](N)Cc4c[nH]c5ccccc45)c3)ccc12. The number of ether oxygens (including phenoxy) is 1. The lowest BCUT2D eigenvalue weighted by Gasteiger charge is -2.13. The molecule has 166 valence electrons. The number of aromatic nitrogens is 5. The summed E-state index contributed by atoms with van der Waals surface area (Å²) in [7, 11) is 0. The molecule has 4 N–H and O–H groups in total. The number of benzene rings is 1. The first-order valence-corrected chi connectivity index (χ1v) is 11.0. The van der Waals surface area contributed by atoms with Crippen molar-refractivity contribution < 1.29 is 4.74 Å². The molecule has 0 saturated heterocycles. The number of aromatic amines is 1. The third-order valence-electron chi connectivity index (χ3n) is 5.47. The monoisotopic (exact) mass is 439 g/mol. The fourth-order valence-corrected chi connectivity index (χ4v) is 3.89. The highest BCUT2D eigenvalue weighted by Gasteiger charge is 2.11. The maximum atomic E-state index is 6.36. The van der Waals surface area contributed by atoms with E-state index in [2.05, 4.69) is 42.4 Å². The van der Waals surface area contributed by atoms with Gasteiger partial charge in [-0.2, -0.15) is 0 Å². The minimum absolute atomic E-state index is 0.146. The lowest BCUT2D eigenvalue weighted by atomic mass is 10.1. The van der Waals surface area contributed by atoms with Crippen molar-refractivity contribution in [3.05, 3.63) is 72.9 Å². The average Bonchev–Trinajstić information content (AvgIpc) is 3.26. The minimum Gasteiger partial charge on any atom is -0.490 e. The Labute approximate surface area is 191 Å². The standard InChI is InChI=1S/C25H25N7O/c1-2-28-24-21-7-8-22(32-25(21)31-15-30-24)17-10-19(13-27-11-17)33-14-18(26)9-16-12-29-23-6-4-3-5-20(16)23/h3-8,10-13,15,18,29H,2,9,14,26H2,1H3,(H,28,30,31,32)/t18-/m0/s1. The highest BCUT2D eigenvalue weighted by atomic mass is 16.5. The first-order chi connectivity index (χ1) is 16.2. The molecule has 4 heterocycles. The highest BCUT2D eigenvalue weighted by Crippen LogP contribution is 2.25. The number of anilines is 1. The maximum Gasteiger partial charge on any atom is 0.165 e. The Morgan fingerprint density at radius 2 is 2.00 bits per heavy atom. The smallest absolute Gasteiger partial charge is 0.165 e. The van der Waals surface area contributed by atoms with E-state index < -0.39 is 0 Å². The number of nitrogens with two attached hydrogens (primary N) is 1. The quantitative estimate of drug-likeness (QED) is 0.335. The number of H-pyrrole nitrogens is 1. The van der Waals surface area contributed by atoms with Crippen molar-refractivity contribution in [3.8, 4) is 17.0 Å². The zero-order chi connectivity index (χ0) is 22.6. The van der Waals surface area contributed by atoms with E-state index in [1.54, 1.807) is 12.4 Å². The molecule has 0 fully saturated rings. The van der Waals surface area contributed by atoms with Crippen LogP contribution in [0.4, 0.5) is 5.82 Å². The van der Waals surface area contributed by atoms with Gasteiger partial charge in [0.1, 0.15) is 24.5 Å². The number of rotatable bonds is 8. The van der Waals surface area contributed by atoms with E-state index in [4.69, 9.17) is 10.5 Å². The number of nitrogens with one attached hydrogen (secondary N) is 2. The van der Waals surface area contributed by atoms with Gasteiger partial charge in [-0.1, -0.05) is 18.2 Å². The maximum absolute atomic E-state index is 6.36. The fraction of sp³-hybridized carbons (Fsp3) is 0.200. The van der Waals surface area contributed by atoms with Gasteiger partial charge < -0.3 is 20.8 Å². The third kappa shape index (κ3) is 4.47. The molecule has 8 nitrogen and oxygen atoms in total. The van der Waals surface area contributed by atoms with Crippen molar-refractivity contribution in [1.82, 2.24) is 24.9 Å². The molecular weight excluding hydrogens is 414 g/mol. The predicted molar refractivity (Wildman–Crippen MR) is 130 cm³/mol. The van der Waals surface area contributed by atoms with Crippen LogP contribution in [-0.2, 0) is 6.42 Å². The molecule has 1 atom stereocenters. The Morgan fingerprint density at radius 3 is 2.91 bits per heavy atom. The minimum atomic E-state index is -0.146. The molecule has 5 rings (SSSR count). The van der Waals surface area contributed by atoms with Crippen molar-refractivity contribution in [3.63, 3.8) is 0 Å². The summed E-state index contributed by atoms with van der Waals surface area (Å²) in [5, 5.41) is 5.31. The summed E-state index contributed by atoms with van der Waals surface area (Å²) in [6.07, 6.45) is 7.71. The molecule has 0 aliphatic rings. The number of nitrogens with zero attached hydrogens (tertiary/aromatic N) is 4. The summed E-state index contributed by atoms with van der Waals surface area (Å²) in [6, 6.07) is 13.9. The van der Waals surface area contributed by atoms with E-state index in [0.717, 1.165) is 40.9 Å². The molecule has 33 heavy (non-hydrogen) atoms. The van der Waals surface area contributed by atoms with Crippen LogP contribution < -0.4 is 15.8 Å². The Balaban J connectivity index is 1.29. The third-order valence-corrected chi connectivity index (χ3v) is 5.47. The molecule has 0 aliphatic carbocycles. The Hall–Kier alpha value is -4.04. The van der Waals surface area contributed by atoms with Gasteiger partial charge in [-0.15, -0.1) is 0 Å². The van der Waals surface area contributed by atoms with E-state index in [9.17, 15) is 0 Å². The average molecular weight is 440 g/mol. The lowest BCUT2D eigenvalue weighted by molar-refractivity contribution is 0.287. The van der Waals surface area contributed by atoms with Gasteiger partial charge in [-0.05, 0) is 43.2 Å². The molecular formula is C25H25N7O. The zero-order valence-electron chi connectivity index (χ0n) is 18.3. The van der Waals surface area contributed by atoms with Crippen LogP contribution in [0.25, 0.3) is 33.2 Å². The predicted octanol–water partition coefficient (Wildman–Crippen LogP) is 3.95. The summed E-state index contributed by atoms with van der Waals surface area (Å²) in [5.41, 5.74) is 10.9. The van der Waals surface area contributed by atoms with E-state index in [1.165, 1.54) is 17.3 Å². The number of fused-ring (bicyclic) bond motifs is 2.